The molecule has 1 N–H and O–H groups in total. The van der Waals surface area contributed by atoms with E-state index >= 15 is 0 Å². The monoisotopic (exact) mass is 247 g/mol. The summed E-state index contributed by atoms with van der Waals surface area (Å²) >= 11 is 0. The molecule has 1 fully saturated rings. The molecule has 1 heterocycles. The van der Waals surface area contributed by atoms with Crippen LogP contribution in [0, 0.1) is 0 Å². The lowest BCUT2D eigenvalue weighted by Crippen LogP contribution is -2.31. The quantitative estimate of drug-likeness (QED) is 0.884. The maximum atomic E-state index is 9.91. The highest BCUT2D eigenvalue weighted by Crippen LogP contribution is 2.20. The Morgan fingerprint density at radius 2 is 1.67 bits per heavy atom. The molecule has 2 rings (SSSR count). The standard InChI is InChI=1S/C16H25NO/c1-16(2,18)15-8-6-14(7-9-15)10-13-17-11-4-3-5-12-17/h6-9,18H,3-5,10-13H2,1-2H3. The summed E-state index contributed by atoms with van der Waals surface area (Å²) in [7, 11) is 0. The Labute approximate surface area is 111 Å². The van der Waals surface area contributed by atoms with Crippen molar-refractivity contribution in [3.63, 3.8) is 0 Å². The normalized spacial score (nSPS) is 17.9. The van der Waals surface area contributed by atoms with Crippen LogP contribution in [-0.2, 0) is 12.0 Å². The van der Waals surface area contributed by atoms with Gasteiger partial charge in [0.15, 0.2) is 0 Å². The van der Waals surface area contributed by atoms with Crippen molar-refractivity contribution < 1.29 is 5.11 Å². The van der Waals surface area contributed by atoms with E-state index in [0.29, 0.717) is 0 Å². The molecule has 1 aromatic rings. The fourth-order valence-corrected chi connectivity index (χ4v) is 2.55. The lowest BCUT2D eigenvalue weighted by Gasteiger charge is -2.26. The van der Waals surface area contributed by atoms with Crippen LogP contribution in [0.3, 0.4) is 0 Å². The third-order valence-corrected chi connectivity index (χ3v) is 3.83. The molecule has 2 nitrogen and oxygen atoms in total. The molecule has 0 radical (unpaired) electrons. The van der Waals surface area contributed by atoms with Crippen molar-refractivity contribution in [2.24, 2.45) is 0 Å². The second-order valence-electron chi connectivity index (χ2n) is 5.91. The first-order valence-corrected chi connectivity index (χ1v) is 7.10. The molecule has 1 aromatic carbocycles. The van der Waals surface area contributed by atoms with Crippen molar-refractivity contribution in [2.75, 3.05) is 19.6 Å². The molecule has 0 aliphatic carbocycles. The molecular weight excluding hydrogens is 222 g/mol. The summed E-state index contributed by atoms with van der Waals surface area (Å²) in [6, 6.07) is 8.39. The molecule has 0 atom stereocenters. The van der Waals surface area contributed by atoms with E-state index in [1.54, 1.807) is 0 Å². The van der Waals surface area contributed by atoms with Crippen molar-refractivity contribution in [1.82, 2.24) is 4.90 Å². The Morgan fingerprint density at radius 1 is 1.06 bits per heavy atom. The molecule has 0 amide bonds. The molecule has 18 heavy (non-hydrogen) atoms. The van der Waals surface area contributed by atoms with Gasteiger partial charge in [0.1, 0.15) is 0 Å². The molecule has 0 bridgehead atoms. The molecule has 0 spiro atoms. The first-order chi connectivity index (χ1) is 8.55. The van der Waals surface area contributed by atoms with E-state index in [1.807, 2.05) is 26.0 Å². The summed E-state index contributed by atoms with van der Waals surface area (Å²) in [4.78, 5) is 2.56. The second kappa shape index (κ2) is 5.85. The smallest absolute Gasteiger partial charge is 0.0840 e. The van der Waals surface area contributed by atoms with Crippen molar-refractivity contribution in [1.29, 1.82) is 0 Å². The van der Waals surface area contributed by atoms with Crippen LogP contribution in [0.4, 0.5) is 0 Å². The molecule has 1 aliphatic heterocycles. The largest absolute Gasteiger partial charge is 0.386 e. The van der Waals surface area contributed by atoms with Gasteiger partial charge >= 0.3 is 0 Å². The van der Waals surface area contributed by atoms with Gasteiger partial charge < -0.3 is 10.0 Å². The number of piperidine rings is 1. The Morgan fingerprint density at radius 3 is 2.22 bits per heavy atom. The Bertz CT molecular complexity index is 358. The van der Waals surface area contributed by atoms with Crippen molar-refractivity contribution in [3.8, 4) is 0 Å². The van der Waals surface area contributed by atoms with Crippen molar-refractivity contribution in [2.45, 2.75) is 45.1 Å². The summed E-state index contributed by atoms with van der Waals surface area (Å²) in [5.74, 6) is 0. The fraction of sp³-hybridized carbons (Fsp3) is 0.625. The number of rotatable bonds is 4. The highest BCUT2D eigenvalue weighted by Gasteiger charge is 2.15. The molecule has 1 aliphatic rings. The van der Waals surface area contributed by atoms with Crippen LogP contribution in [-0.4, -0.2) is 29.6 Å². The minimum Gasteiger partial charge on any atom is -0.386 e. The lowest BCUT2D eigenvalue weighted by molar-refractivity contribution is 0.0786. The van der Waals surface area contributed by atoms with Gasteiger partial charge in [0.2, 0.25) is 0 Å². The Kier molecular flexibility index (Phi) is 4.41. The highest BCUT2D eigenvalue weighted by atomic mass is 16.3. The number of benzene rings is 1. The third kappa shape index (κ3) is 3.82. The zero-order chi connectivity index (χ0) is 13.0. The van der Waals surface area contributed by atoms with E-state index in [0.717, 1.165) is 12.0 Å². The SMILES string of the molecule is CC(C)(O)c1ccc(CCN2CCCCC2)cc1. The predicted molar refractivity (Wildman–Crippen MR) is 75.7 cm³/mol. The topological polar surface area (TPSA) is 23.5 Å². The second-order valence-corrected chi connectivity index (χ2v) is 5.91. The van der Waals surface area contributed by atoms with Crippen LogP contribution < -0.4 is 0 Å². The van der Waals surface area contributed by atoms with Gasteiger partial charge in [-0.05, 0) is 57.3 Å². The van der Waals surface area contributed by atoms with Gasteiger partial charge in [-0.1, -0.05) is 30.7 Å². The summed E-state index contributed by atoms with van der Waals surface area (Å²) in [6.07, 6.45) is 5.23. The maximum Gasteiger partial charge on any atom is 0.0840 e. The number of aliphatic hydroxyl groups is 1. The first kappa shape index (κ1) is 13.6. The molecule has 100 valence electrons. The van der Waals surface area contributed by atoms with Gasteiger partial charge in [-0.2, -0.15) is 0 Å². The summed E-state index contributed by atoms with van der Waals surface area (Å²) < 4.78 is 0. The van der Waals surface area contributed by atoms with E-state index in [1.165, 1.54) is 44.5 Å². The molecule has 1 saturated heterocycles. The van der Waals surface area contributed by atoms with Gasteiger partial charge in [0.25, 0.3) is 0 Å². The van der Waals surface area contributed by atoms with Crippen molar-refractivity contribution in [3.05, 3.63) is 35.4 Å². The Hall–Kier alpha value is -0.860. The van der Waals surface area contributed by atoms with E-state index in [2.05, 4.69) is 17.0 Å². The van der Waals surface area contributed by atoms with E-state index in [-0.39, 0.29) is 0 Å². The zero-order valence-corrected chi connectivity index (χ0v) is 11.7. The summed E-state index contributed by atoms with van der Waals surface area (Å²) in [6.45, 7) is 7.36. The third-order valence-electron chi connectivity index (χ3n) is 3.83. The van der Waals surface area contributed by atoms with Crippen molar-refractivity contribution >= 4 is 0 Å². The van der Waals surface area contributed by atoms with Gasteiger partial charge in [-0.15, -0.1) is 0 Å². The van der Waals surface area contributed by atoms with Crippen LogP contribution in [0.2, 0.25) is 0 Å². The minimum absolute atomic E-state index is 0.731. The molecular formula is C16H25NO. The van der Waals surface area contributed by atoms with Crippen LogP contribution in [0.5, 0.6) is 0 Å². The van der Waals surface area contributed by atoms with E-state index < -0.39 is 5.60 Å². The highest BCUT2D eigenvalue weighted by molar-refractivity contribution is 5.26. The average Bonchev–Trinajstić information content (AvgIpc) is 2.37. The molecule has 0 unspecified atom stereocenters. The molecule has 0 aromatic heterocycles. The molecule has 0 saturated carbocycles. The van der Waals surface area contributed by atoms with Crippen LogP contribution in [0.15, 0.2) is 24.3 Å². The lowest BCUT2D eigenvalue weighted by atomic mass is 9.97. The van der Waals surface area contributed by atoms with Gasteiger partial charge in [-0.3, -0.25) is 0 Å². The number of nitrogens with zero attached hydrogens (tertiary/aromatic N) is 1. The van der Waals surface area contributed by atoms with Gasteiger partial charge in [0.05, 0.1) is 5.60 Å². The van der Waals surface area contributed by atoms with Crippen LogP contribution in [0.1, 0.15) is 44.2 Å². The number of hydrogen-bond acceptors (Lipinski definition) is 2. The van der Waals surface area contributed by atoms with Crippen LogP contribution in [0.25, 0.3) is 0 Å². The summed E-state index contributed by atoms with van der Waals surface area (Å²) in [5.41, 5.74) is 1.63. The average molecular weight is 247 g/mol. The Balaban J connectivity index is 1.86. The number of likely N-dealkylation sites (tertiary alicyclic amines) is 1. The zero-order valence-electron chi connectivity index (χ0n) is 11.7. The van der Waals surface area contributed by atoms with Gasteiger partial charge in [0, 0.05) is 6.54 Å². The van der Waals surface area contributed by atoms with E-state index in [4.69, 9.17) is 0 Å². The molecule has 2 heteroatoms. The van der Waals surface area contributed by atoms with Crippen LogP contribution >= 0.6 is 0 Å². The predicted octanol–water partition coefficient (Wildman–Crippen LogP) is 2.94. The minimum atomic E-state index is -0.731. The fourth-order valence-electron chi connectivity index (χ4n) is 2.55. The number of hydrogen-bond donors (Lipinski definition) is 1. The summed E-state index contributed by atoms with van der Waals surface area (Å²) in [5, 5.41) is 9.91. The first-order valence-electron chi connectivity index (χ1n) is 7.10. The van der Waals surface area contributed by atoms with Gasteiger partial charge in [-0.25, -0.2) is 0 Å². The maximum absolute atomic E-state index is 9.91. The van der Waals surface area contributed by atoms with E-state index in [9.17, 15) is 5.11 Å².